The van der Waals surface area contributed by atoms with Crippen molar-refractivity contribution in [3.63, 3.8) is 0 Å². The Morgan fingerprint density at radius 1 is 0.963 bits per heavy atom. The average molecular weight is 388 g/mol. The van der Waals surface area contributed by atoms with Crippen LogP contribution in [-0.2, 0) is 17.9 Å². The topological polar surface area (TPSA) is 26.8 Å². The summed E-state index contributed by atoms with van der Waals surface area (Å²) < 4.78 is 13.4. The maximum Gasteiger partial charge on any atom is 0.241 e. The van der Waals surface area contributed by atoms with Gasteiger partial charge in [-0.15, -0.1) is 0 Å². The van der Waals surface area contributed by atoms with Gasteiger partial charge in [0, 0.05) is 50.8 Å². The summed E-state index contributed by atoms with van der Waals surface area (Å²) in [6.07, 6.45) is 0. The fourth-order valence-electron chi connectivity index (χ4n) is 4.00. The molecule has 2 heterocycles. The van der Waals surface area contributed by atoms with Crippen molar-refractivity contribution >= 4 is 17.5 Å². The van der Waals surface area contributed by atoms with Crippen molar-refractivity contribution < 1.29 is 9.18 Å². The smallest absolute Gasteiger partial charge is 0.241 e. The molecule has 0 aromatic heterocycles. The highest BCUT2D eigenvalue weighted by molar-refractivity contribution is 6.30. The van der Waals surface area contributed by atoms with Crippen LogP contribution in [0.5, 0.6) is 0 Å². The van der Waals surface area contributed by atoms with Gasteiger partial charge in [-0.1, -0.05) is 35.9 Å². The van der Waals surface area contributed by atoms with Gasteiger partial charge in [0.1, 0.15) is 11.9 Å². The minimum atomic E-state index is -0.215. The fourth-order valence-corrected chi connectivity index (χ4v) is 4.21. The highest BCUT2D eigenvalue weighted by Gasteiger charge is 2.38. The van der Waals surface area contributed by atoms with Gasteiger partial charge in [-0.25, -0.2) is 4.39 Å². The average Bonchev–Trinajstić information content (AvgIpc) is 2.65. The molecule has 0 radical (unpaired) electrons. The van der Waals surface area contributed by atoms with Crippen molar-refractivity contribution in [1.82, 2.24) is 14.7 Å². The molecule has 142 valence electrons. The molecule has 27 heavy (non-hydrogen) atoms. The monoisotopic (exact) mass is 387 g/mol. The molecule has 4 nitrogen and oxygen atoms in total. The van der Waals surface area contributed by atoms with Crippen LogP contribution in [0.25, 0.3) is 0 Å². The number of amides is 1. The Bertz CT molecular complexity index is 829. The number of hydrogen-bond donors (Lipinski definition) is 0. The van der Waals surface area contributed by atoms with Crippen molar-refractivity contribution in [2.45, 2.75) is 19.1 Å². The maximum atomic E-state index is 13.4. The number of nitrogens with zero attached hydrogens (tertiary/aromatic N) is 3. The third-order valence-corrected chi connectivity index (χ3v) is 5.62. The molecule has 0 spiro atoms. The molecule has 2 aromatic rings. The largest absolute Gasteiger partial charge is 0.336 e. The Balaban J connectivity index is 1.42. The summed E-state index contributed by atoms with van der Waals surface area (Å²) in [5.74, 6) is -0.0438. The van der Waals surface area contributed by atoms with Crippen LogP contribution >= 0.6 is 11.6 Å². The summed E-state index contributed by atoms with van der Waals surface area (Å²) in [6.45, 7) is 5.35. The second kappa shape index (κ2) is 7.97. The van der Waals surface area contributed by atoms with Crippen LogP contribution in [0.15, 0.2) is 48.5 Å². The number of benzene rings is 2. The molecule has 0 N–H and O–H groups in total. The number of carbonyl (C=O) groups excluding carboxylic acids is 1. The first-order chi connectivity index (χ1) is 13.1. The van der Waals surface area contributed by atoms with E-state index in [1.165, 1.54) is 6.07 Å². The second-order valence-electron chi connectivity index (χ2n) is 7.31. The zero-order chi connectivity index (χ0) is 18.8. The third-order valence-electron chi connectivity index (χ3n) is 5.39. The number of halogens is 2. The molecule has 4 rings (SSSR count). The molecule has 2 aliphatic rings. The zero-order valence-corrected chi connectivity index (χ0v) is 15.9. The maximum absolute atomic E-state index is 13.4. The number of carbonyl (C=O) groups is 1. The van der Waals surface area contributed by atoms with Crippen LogP contribution in [0, 0.1) is 5.82 Å². The Hall–Kier alpha value is -1.95. The fraction of sp³-hybridized carbons (Fsp3) is 0.381. The van der Waals surface area contributed by atoms with Crippen molar-refractivity contribution in [2.24, 2.45) is 0 Å². The van der Waals surface area contributed by atoms with Gasteiger partial charge in [-0.3, -0.25) is 14.6 Å². The van der Waals surface area contributed by atoms with Crippen molar-refractivity contribution in [1.29, 1.82) is 0 Å². The van der Waals surface area contributed by atoms with Crippen LogP contribution in [0.1, 0.15) is 11.1 Å². The summed E-state index contributed by atoms with van der Waals surface area (Å²) in [4.78, 5) is 19.5. The van der Waals surface area contributed by atoms with Crippen LogP contribution in [0.4, 0.5) is 4.39 Å². The van der Waals surface area contributed by atoms with E-state index in [0.717, 1.165) is 37.3 Å². The Morgan fingerprint density at radius 2 is 1.70 bits per heavy atom. The van der Waals surface area contributed by atoms with Crippen LogP contribution in [0.2, 0.25) is 5.02 Å². The molecule has 2 aromatic carbocycles. The Kier molecular flexibility index (Phi) is 5.43. The molecule has 2 fully saturated rings. The van der Waals surface area contributed by atoms with E-state index in [1.54, 1.807) is 12.1 Å². The van der Waals surface area contributed by atoms with E-state index >= 15 is 0 Å². The molecule has 1 atom stereocenters. The lowest BCUT2D eigenvalue weighted by Gasteiger charge is -2.46. The molecule has 2 saturated heterocycles. The van der Waals surface area contributed by atoms with Gasteiger partial charge in [0.2, 0.25) is 5.91 Å². The summed E-state index contributed by atoms with van der Waals surface area (Å²) in [5.41, 5.74) is 2.00. The van der Waals surface area contributed by atoms with Gasteiger partial charge in [-0.05, 0) is 35.4 Å². The molecule has 0 saturated carbocycles. The summed E-state index contributed by atoms with van der Waals surface area (Å²) >= 11 is 6.07. The van der Waals surface area contributed by atoms with Crippen LogP contribution in [-0.4, -0.2) is 59.4 Å². The van der Waals surface area contributed by atoms with Gasteiger partial charge in [-0.2, -0.15) is 0 Å². The normalized spacial score (nSPS) is 21.3. The number of piperazine rings is 2. The molecule has 2 aliphatic heterocycles. The quantitative estimate of drug-likeness (QED) is 0.806. The highest BCUT2D eigenvalue weighted by Crippen LogP contribution is 2.21. The molecule has 1 amide bonds. The van der Waals surface area contributed by atoms with Crippen molar-refractivity contribution in [2.75, 3.05) is 32.7 Å². The van der Waals surface area contributed by atoms with E-state index in [9.17, 15) is 9.18 Å². The zero-order valence-electron chi connectivity index (χ0n) is 15.2. The minimum Gasteiger partial charge on any atom is -0.336 e. The first-order valence-electron chi connectivity index (χ1n) is 9.32. The van der Waals surface area contributed by atoms with Crippen LogP contribution < -0.4 is 0 Å². The SMILES string of the molecule is O=C1C2CN(Cc3cccc(F)c3)CCN2CCN1Cc1cccc(Cl)c1. The second-order valence-corrected chi connectivity index (χ2v) is 7.74. The van der Waals surface area contributed by atoms with E-state index in [1.807, 2.05) is 35.2 Å². The lowest BCUT2D eigenvalue weighted by molar-refractivity contribution is -0.146. The first kappa shape index (κ1) is 18.4. The molecule has 6 heteroatoms. The van der Waals surface area contributed by atoms with Crippen molar-refractivity contribution in [3.8, 4) is 0 Å². The Morgan fingerprint density at radius 3 is 2.48 bits per heavy atom. The van der Waals surface area contributed by atoms with Gasteiger partial charge in [0.05, 0.1) is 0 Å². The van der Waals surface area contributed by atoms with Gasteiger partial charge in [0.25, 0.3) is 0 Å². The lowest BCUT2D eigenvalue weighted by atomic mass is 10.1. The molecule has 0 aliphatic carbocycles. The third kappa shape index (κ3) is 4.32. The number of hydrogen-bond acceptors (Lipinski definition) is 3. The van der Waals surface area contributed by atoms with E-state index < -0.39 is 0 Å². The standard InChI is InChI=1S/C21H23ClFN3O/c22-18-5-1-3-16(11-18)14-26-10-9-25-8-7-24(15-20(25)21(26)27)13-17-4-2-6-19(23)12-17/h1-6,11-12,20H,7-10,13-15H2. The van der Waals surface area contributed by atoms with Gasteiger partial charge < -0.3 is 4.90 Å². The molecule has 1 unspecified atom stereocenters. The lowest BCUT2D eigenvalue weighted by Crippen LogP contribution is -2.64. The molecular formula is C21H23ClFN3O. The minimum absolute atomic E-state index is 0.125. The van der Waals surface area contributed by atoms with Gasteiger partial charge >= 0.3 is 0 Å². The highest BCUT2D eigenvalue weighted by atomic mass is 35.5. The van der Waals surface area contributed by atoms with E-state index in [-0.39, 0.29) is 17.8 Å². The predicted molar refractivity (Wildman–Crippen MR) is 104 cm³/mol. The first-order valence-corrected chi connectivity index (χ1v) is 9.70. The van der Waals surface area contributed by atoms with E-state index in [0.29, 0.717) is 24.7 Å². The number of fused-ring (bicyclic) bond motifs is 1. The summed E-state index contributed by atoms with van der Waals surface area (Å²) in [6, 6.07) is 14.3. The molecule has 0 bridgehead atoms. The summed E-state index contributed by atoms with van der Waals surface area (Å²) in [7, 11) is 0. The van der Waals surface area contributed by atoms with Crippen molar-refractivity contribution in [3.05, 3.63) is 70.5 Å². The summed E-state index contributed by atoms with van der Waals surface area (Å²) in [5, 5.41) is 0.692. The van der Waals surface area contributed by atoms with E-state index in [4.69, 9.17) is 11.6 Å². The molecular weight excluding hydrogens is 365 g/mol. The van der Waals surface area contributed by atoms with Crippen LogP contribution in [0.3, 0.4) is 0 Å². The predicted octanol–water partition coefficient (Wildman–Crippen LogP) is 3.01. The number of rotatable bonds is 4. The van der Waals surface area contributed by atoms with E-state index in [2.05, 4.69) is 9.80 Å². The van der Waals surface area contributed by atoms with Gasteiger partial charge in [0.15, 0.2) is 0 Å². The Labute approximate surface area is 164 Å².